The van der Waals surface area contributed by atoms with Crippen LogP contribution < -0.4 is 4.74 Å². The van der Waals surface area contributed by atoms with Crippen LogP contribution in [0.4, 0.5) is 0 Å². The van der Waals surface area contributed by atoms with Crippen LogP contribution in [0, 0.1) is 0 Å². The van der Waals surface area contributed by atoms with Crippen molar-refractivity contribution in [1.29, 1.82) is 0 Å². The van der Waals surface area contributed by atoms with Crippen LogP contribution in [0.25, 0.3) is 0 Å². The third kappa shape index (κ3) is 5.29. The summed E-state index contributed by atoms with van der Waals surface area (Å²) in [7, 11) is 3.28. The lowest BCUT2D eigenvalue weighted by Gasteiger charge is -2.18. The van der Waals surface area contributed by atoms with Crippen LogP contribution in [-0.2, 0) is 33.7 Å². The summed E-state index contributed by atoms with van der Waals surface area (Å²) in [6.07, 6.45) is 3.46. The van der Waals surface area contributed by atoms with Gasteiger partial charge in [-0.25, -0.2) is 0 Å². The first-order chi connectivity index (χ1) is 13.6. The van der Waals surface area contributed by atoms with Crippen LogP contribution in [0.15, 0.2) is 47.4 Å². The van der Waals surface area contributed by atoms with Crippen molar-refractivity contribution < 1.29 is 19.1 Å². The molecule has 1 amide bonds. The van der Waals surface area contributed by atoms with Gasteiger partial charge in [-0.15, -0.1) is 11.8 Å². The maximum absolute atomic E-state index is 12.3. The molecule has 0 fully saturated rings. The summed E-state index contributed by atoms with van der Waals surface area (Å²) in [5.74, 6) is 0.290. The number of methoxy groups -OCH3 is 1. The molecule has 2 aromatic rings. The summed E-state index contributed by atoms with van der Waals surface area (Å²) >= 11 is 1.45. The molecule has 0 N–H and O–H groups in total. The largest absolute Gasteiger partial charge is 0.496 e. The number of thioether (sulfide) groups is 1. The molecule has 0 saturated carbocycles. The van der Waals surface area contributed by atoms with E-state index in [1.807, 2.05) is 30.3 Å². The summed E-state index contributed by atoms with van der Waals surface area (Å²) in [6, 6.07) is 13.9. The highest BCUT2D eigenvalue weighted by molar-refractivity contribution is 8.00. The summed E-state index contributed by atoms with van der Waals surface area (Å²) in [4.78, 5) is 26.9. The number of ether oxygens (including phenoxy) is 2. The molecule has 0 bridgehead atoms. The summed E-state index contributed by atoms with van der Waals surface area (Å²) in [5, 5.41) is 0. The molecular weight excluding hydrogens is 374 g/mol. The highest BCUT2D eigenvalue weighted by Gasteiger charge is 2.15. The fourth-order valence-corrected chi connectivity index (χ4v) is 4.01. The fraction of sp³-hybridized carbons (Fsp3) is 0.364. The summed E-state index contributed by atoms with van der Waals surface area (Å²) in [5.41, 5.74) is 3.70. The normalized spacial score (nSPS) is 12.4. The van der Waals surface area contributed by atoms with Crippen molar-refractivity contribution >= 4 is 23.6 Å². The number of hydrogen-bond donors (Lipinski definition) is 0. The minimum Gasteiger partial charge on any atom is -0.496 e. The Hall–Kier alpha value is -2.47. The number of amides is 1. The van der Waals surface area contributed by atoms with Gasteiger partial charge in [-0.1, -0.05) is 24.3 Å². The van der Waals surface area contributed by atoms with E-state index in [0.717, 1.165) is 29.1 Å². The molecular formula is C22H25NO4S. The summed E-state index contributed by atoms with van der Waals surface area (Å²) < 4.78 is 10.5. The van der Waals surface area contributed by atoms with Crippen molar-refractivity contribution in [1.82, 2.24) is 4.90 Å². The lowest BCUT2D eigenvalue weighted by atomic mass is 10.1. The molecule has 0 atom stereocenters. The van der Waals surface area contributed by atoms with Crippen LogP contribution >= 0.6 is 11.8 Å². The number of carbonyl (C=O) groups excluding carboxylic acids is 2. The van der Waals surface area contributed by atoms with Crippen LogP contribution in [0.3, 0.4) is 0 Å². The predicted molar refractivity (Wildman–Crippen MR) is 110 cm³/mol. The molecule has 0 aromatic heterocycles. The number of rotatable bonds is 8. The molecule has 6 heteroatoms. The number of para-hydroxylation sites is 1. The first-order valence-corrected chi connectivity index (χ1v) is 10.3. The smallest absolute Gasteiger partial charge is 0.316 e. The number of nitrogens with zero attached hydrogens (tertiary/aromatic N) is 1. The van der Waals surface area contributed by atoms with Crippen molar-refractivity contribution in [3.63, 3.8) is 0 Å². The van der Waals surface area contributed by atoms with Crippen molar-refractivity contribution in [2.45, 2.75) is 30.7 Å². The van der Waals surface area contributed by atoms with E-state index in [9.17, 15) is 9.59 Å². The molecule has 0 saturated heterocycles. The second-order valence-electron chi connectivity index (χ2n) is 6.80. The van der Waals surface area contributed by atoms with Gasteiger partial charge in [0.05, 0.1) is 12.9 Å². The van der Waals surface area contributed by atoms with Gasteiger partial charge in [0.2, 0.25) is 0 Å². The topological polar surface area (TPSA) is 55.8 Å². The Morgan fingerprint density at radius 3 is 2.71 bits per heavy atom. The Morgan fingerprint density at radius 2 is 1.89 bits per heavy atom. The average molecular weight is 400 g/mol. The molecule has 28 heavy (non-hydrogen) atoms. The molecule has 5 nitrogen and oxygen atoms in total. The first-order valence-electron chi connectivity index (χ1n) is 9.33. The van der Waals surface area contributed by atoms with Gasteiger partial charge in [-0.2, -0.15) is 0 Å². The zero-order chi connectivity index (χ0) is 19.9. The third-order valence-corrected chi connectivity index (χ3v) is 5.78. The van der Waals surface area contributed by atoms with E-state index >= 15 is 0 Å². The summed E-state index contributed by atoms with van der Waals surface area (Å²) in [6.45, 7) is 0.138. The second-order valence-corrected chi connectivity index (χ2v) is 7.84. The maximum Gasteiger partial charge on any atom is 0.316 e. The van der Waals surface area contributed by atoms with Crippen LogP contribution in [-0.4, -0.2) is 43.3 Å². The third-order valence-electron chi connectivity index (χ3n) is 4.81. The first kappa shape index (κ1) is 20.3. The fourth-order valence-electron chi connectivity index (χ4n) is 3.25. The number of hydrogen-bond acceptors (Lipinski definition) is 5. The number of fused-ring (bicyclic) bond motifs is 1. The van der Waals surface area contributed by atoms with Crippen molar-refractivity contribution in [2.75, 3.05) is 26.5 Å². The quantitative estimate of drug-likeness (QED) is 0.502. The van der Waals surface area contributed by atoms with E-state index in [2.05, 4.69) is 12.1 Å². The van der Waals surface area contributed by atoms with Gasteiger partial charge in [-0.3, -0.25) is 9.59 Å². The predicted octanol–water partition coefficient (Wildman–Crippen LogP) is 3.48. The van der Waals surface area contributed by atoms with E-state index in [-0.39, 0.29) is 24.2 Å². The van der Waals surface area contributed by atoms with Crippen LogP contribution in [0.1, 0.15) is 23.1 Å². The van der Waals surface area contributed by atoms with E-state index in [0.29, 0.717) is 6.54 Å². The Balaban J connectivity index is 1.43. The zero-order valence-corrected chi connectivity index (χ0v) is 17.1. The molecule has 0 spiro atoms. The van der Waals surface area contributed by atoms with Crippen molar-refractivity contribution in [2.24, 2.45) is 0 Å². The maximum atomic E-state index is 12.3. The molecule has 2 aromatic carbocycles. The lowest BCUT2D eigenvalue weighted by Crippen LogP contribution is -2.31. The molecule has 3 rings (SSSR count). The van der Waals surface area contributed by atoms with Gasteiger partial charge in [0.25, 0.3) is 5.91 Å². The minimum atomic E-state index is -0.385. The van der Waals surface area contributed by atoms with Gasteiger partial charge in [0.1, 0.15) is 5.75 Å². The van der Waals surface area contributed by atoms with E-state index < -0.39 is 0 Å². The Labute approximate surface area is 170 Å². The number of carbonyl (C=O) groups is 2. The molecule has 1 aliphatic carbocycles. The van der Waals surface area contributed by atoms with Crippen molar-refractivity contribution in [3.05, 3.63) is 59.2 Å². The van der Waals surface area contributed by atoms with Gasteiger partial charge < -0.3 is 14.4 Å². The molecule has 0 unspecified atom stereocenters. The second kappa shape index (κ2) is 9.64. The Bertz CT molecular complexity index is 852. The van der Waals surface area contributed by atoms with Gasteiger partial charge in [-0.05, 0) is 48.6 Å². The van der Waals surface area contributed by atoms with E-state index in [1.165, 1.54) is 34.2 Å². The van der Waals surface area contributed by atoms with Crippen LogP contribution in [0.2, 0.25) is 0 Å². The Morgan fingerprint density at radius 1 is 1.11 bits per heavy atom. The number of benzene rings is 2. The van der Waals surface area contributed by atoms with Gasteiger partial charge in [0.15, 0.2) is 6.61 Å². The van der Waals surface area contributed by atoms with Crippen LogP contribution in [0.5, 0.6) is 5.75 Å². The SMILES string of the molecule is COc1ccccc1CN(C)C(=O)COC(=O)CSc1ccc2c(c1)CCC2. The van der Waals surface area contributed by atoms with E-state index in [1.54, 1.807) is 14.2 Å². The number of esters is 1. The lowest BCUT2D eigenvalue weighted by molar-refractivity contribution is -0.149. The van der Waals surface area contributed by atoms with Gasteiger partial charge in [0, 0.05) is 24.1 Å². The number of aryl methyl sites for hydroxylation is 2. The molecule has 0 radical (unpaired) electrons. The van der Waals surface area contributed by atoms with Crippen molar-refractivity contribution in [3.8, 4) is 5.75 Å². The molecule has 0 aliphatic heterocycles. The Kier molecular flexibility index (Phi) is 6.98. The molecule has 0 heterocycles. The number of likely N-dealkylation sites (N-methyl/N-ethyl adjacent to an activating group) is 1. The van der Waals surface area contributed by atoms with E-state index in [4.69, 9.17) is 9.47 Å². The highest BCUT2D eigenvalue weighted by Crippen LogP contribution is 2.27. The minimum absolute atomic E-state index is 0.197. The van der Waals surface area contributed by atoms with Gasteiger partial charge >= 0.3 is 5.97 Å². The molecule has 1 aliphatic rings. The highest BCUT2D eigenvalue weighted by atomic mass is 32.2. The zero-order valence-electron chi connectivity index (χ0n) is 16.3. The standard InChI is InChI=1S/C22H25NO4S/c1-23(13-18-6-3-4-9-20(18)26-2)21(24)14-27-22(25)15-28-19-11-10-16-7-5-8-17(16)12-19/h3-4,6,9-12H,5,7-8,13-15H2,1-2H3. The average Bonchev–Trinajstić information content (AvgIpc) is 3.18. The monoisotopic (exact) mass is 399 g/mol. The molecule has 148 valence electrons.